The average Bonchev–Trinajstić information content (AvgIpc) is 2.13. The predicted molar refractivity (Wildman–Crippen MR) is 41.7 cm³/mol. The zero-order valence-electron chi connectivity index (χ0n) is 7.46. The average molecular weight is 189 g/mol. The molecule has 0 aromatic rings. The minimum atomic E-state index is -1.01. The van der Waals surface area contributed by atoms with Crippen LogP contribution in [0.1, 0.15) is 6.92 Å². The van der Waals surface area contributed by atoms with E-state index in [1.807, 2.05) is 5.32 Å². The van der Waals surface area contributed by atoms with Crippen molar-refractivity contribution in [2.24, 2.45) is 0 Å². The third kappa shape index (κ3) is 4.78. The molecule has 0 atom stereocenters. The molecule has 74 valence electrons. The lowest BCUT2D eigenvalue weighted by Gasteiger charge is -2.02. The van der Waals surface area contributed by atoms with Crippen LogP contribution in [0.3, 0.4) is 0 Å². The molecule has 0 bridgehead atoms. The number of nitrogens with one attached hydrogen (secondary N) is 1. The van der Waals surface area contributed by atoms with Crippen LogP contribution >= 0.6 is 0 Å². The van der Waals surface area contributed by atoms with Gasteiger partial charge in [-0.25, -0.2) is 4.79 Å². The summed E-state index contributed by atoms with van der Waals surface area (Å²) in [5, 5.41) is 2.03. The van der Waals surface area contributed by atoms with E-state index in [0.717, 1.165) is 0 Å². The monoisotopic (exact) mass is 189 g/mol. The van der Waals surface area contributed by atoms with Crippen molar-refractivity contribution in [2.45, 2.75) is 6.92 Å². The van der Waals surface area contributed by atoms with Crippen molar-refractivity contribution in [3.63, 3.8) is 0 Å². The molecule has 0 heterocycles. The summed E-state index contributed by atoms with van der Waals surface area (Å²) in [5.41, 5.74) is 0. The molecule has 0 unspecified atom stereocenters. The van der Waals surface area contributed by atoms with Crippen molar-refractivity contribution in [1.29, 1.82) is 0 Å². The van der Waals surface area contributed by atoms with Crippen LogP contribution in [0, 0.1) is 0 Å². The fraction of sp³-hybridized carbons (Fsp3) is 0.571. The Morgan fingerprint density at radius 2 is 1.92 bits per heavy atom. The fourth-order valence-electron chi connectivity index (χ4n) is 0.493. The van der Waals surface area contributed by atoms with Gasteiger partial charge in [0.25, 0.3) is 0 Å². The molecule has 0 aromatic carbocycles. The molecule has 0 aliphatic heterocycles. The van der Waals surface area contributed by atoms with Crippen LogP contribution in [0.15, 0.2) is 0 Å². The Balaban J connectivity index is 3.74. The van der Waals surface area contributed by atoms with Crippen molar-refractivity contribution < 1.29 is 23.9 Å². The van der Waals surface area contributed by atoms with E-state index in [9.17, 15) is 14.4 Å². The molecule has 0 aliphatic carbocycles. The van der Waals surface area contributed by atoms with E-state index in [0.29, 0.717) is 0 Å². The van der Waals surface area contributed by atoms with Crippen molar-refractivity contribution in [2.75, 3.05) is 20.3 Å². The first-order valence-electron chi connectivity index (χ1n) is 3.63. The Labute approximate surface area is 75.2 Å². The number of esters is 2. The SMILES string of the molecule is CCOC(=O)C(=O)NCC(=O)OC. The van der Waals surface area contributed by atoms with Gasteiger partial charge in [0.2, 0.25) is 0 Å². The molecular formula is C7H11NO5. The minimum Gasteiger partial charge on any atom is -0.468 e. The van der Waals surface area contributed by atoms with E-state index in [-0.39, 0.29) is 13.2 Å². The van der Waals surface area contributed by atoms with Crippen molar-refractivity contribution >= 4 is 17.8 Å². The second-order valence-corrected chi connectivity index (χ2v) is 1.98. The van der Waals surface area contributed by atoms with Crippen molar-refractivity contribution in [3.05, 3.63) is 0 Å². The number of amides is 1. The van der Waals surface area contributed by atoms with Crippen LogP contribution in [0.25, 0.3) is 0 Å². The molecule has 0 aliphatic rings. The number of rotatable bonds is 3. The number of hydrogen-bond donors (Lipinski definition) is 1. The van der Waals surface area contributed by atoms with Gasteiger partial charge < -0.3 is 14.8 Å². The van der Waals surface area contributed by atoms with Gasteiger partial charge in [0.15, 0.2) is 0 Å². The van der Waals surface area contributed by atoms with E-state index >= 15 is 0 Å². The Hall–Kier alpha value is -1.59. The molecule has 0 saturated heterocycles. The summed E-state index contributed by atoms with van der Waals surface area (Å²) in [6.45, 7) is 1.35. The summed E-state index contributed by atoms with van der Waals surface area (Å²) in [5.74, 6) is -2.59. The number of carbonyl (C=O) groups excluding carboxylic acids is 3. The second kappa shape index (κ2) is 5.99. The third-order valence-electron chi connectivity index (χ3n) is 1.08. The number of carbonyl (C=O) groups is 3. The van der Waals surface area contributed by atoms with Crippen molar-refractivity contribution in [3.8, 4) is 0 Å². The maximum Gasteiger partial charge on any atom is 0.396 e. The number of ether oxygens (including phenoxy) is 2. The van der Waals surface area contributed by atoms with Gasteiger partial charge in [0, 0.05) is 0 Å². The summed E-state index contributed by atoms with van der Waals surface area (Å²) in [4.78, 5) is 31.9. The summed E-state index contributed by atoms with van der Waals surface area (Å²) in [6.07, 6.45) is 0. The van der Waals surface area contributed by atoms with Crippen LogP contribution in [-0.2, 0) is 23.9 Å². The van der Waals surface area contributed by atoms with E-state index in [2.05, 4.69) is 9.47 Å². The third-order valence-corrected chi connectivity index (χ3v) is 1.08. The Kier molecular flexibility index (Phi) is 5.25. The van der Waals surface area contributed by atoms with Crippen LogP contribution in [0.5, 0.6) is 0 Å². The van der Waals surface area contributed by atoms with Gasteiger partial charge in [-0.3, -0.25) is 9.59 Å². The predicted octanol–water partition coefficient (Wildman–Crippen LogP) is -1.16. The number of methoxy groups -OCH3 is 1. The summed E-state index contributed by atoms with van der Waals surface area (Å²) in [6, 6.07) is 0. The highest BCUT2D eigenvalue weighted by molar-refractivity contribution is 6.32. The Bertz CT molecular complexity index is 213. The maximum atomic E-state index is 10.8. The van der Waals surface area contributed by atoms with E-state index in [1.54, 1.807) is 6.92 Å². The summed E-state index contributed by atoms with van der Waals surface area (Å²) in [7, 11) is 1.18. The molecule has 0 radical (unpaired) electrons. The molecule has 1 N–H and O–H groups in total. The van der Waals surface area contributed by atoms with Crippen LogP contribution in [-0.4, -0.2) is 38.1 Å². The zero-order valence-corrected chi connectivity index (χ0v) is 7.46. The van der Waals surface area contributed by atoms with E-state index < -0.39 is 17.8 Å². The molecular weight excluding hydrogens is 178 g/mol. The van der Waals surface area contributed by atoms with E-state index in [4.69, 9.17) is 0 Å². The molecule has 6 nitrogen and oxygen atoms in total. The smallest absolute Gasteiger partial charge is 0.396 e. The zero-order chi connectivity index (χ0) is 10.3. The first-order chi connectivity index (χ1) is 6.11. The standard InChI is InChI=1S/C7H11NO5/c1-3-13-7(11)6(10)8-4-5(9)12-2/h3-4H2,1-2H3,(H,8,10). The van der Waals surface area contributed by atoms with Gasteiger partial charge in [0.05, 0.1) is 13.7 Å². The molecule has 0 aromatic heterocycles. The van der Waals surface area contributed by atoms with Crippen LogP contribution < -0.4 is 5.32 Å². The van der Waals surface area contributed by atoms with Gasteiger partial charge in [-0.2, -0.15) is 0 Å². The lowest BCUT2D eigenvalue weighted by molar-refractivity contribution is -0.155. The highest BCUT2D eigenvalue weighted by Crippen LogP contribution is 1.78. The van der Waals surface area contributed by atoms with Gasteiger partial charge in [-0.1, -0.05) is 0 Å². The molecule has 1 amide bonds. The molecule has 0 rings (SSSR count). The highest BCUT2D eigenvalue weighted by atomic mass is 16.5. The van der Waals surface area contributed by atoms with Gasteiger partial charge in [-0.15, -0.1) is 0 Å². The minimum absolute atomic E-state index is 0.116. The fourth-order valence-corrected chi connectivity index (χ4v) is 0.493. The van der Waals surface area contributed by atoms with E-state index in [1.165, 1.54) is 7.11 Å². The van der Waals surface area contributed by atoms with Crippen LogP contribution in [0.4, 0.5) is 0 Å². The van der Waals surface area contributed by atoms with Gasteiger partial charge >= 0.3 is 17.8 Å². The molecule has 0 fully saturated rings. The second-order valence-electron chi connectivity index (χ2n) is 1.98. The molecule has 0 spiro atoms. The summed E-state index contributed by atoms with van der Waals surface area (Å²) >= 11 is 0. The lowest BCUT2D eigenvalue weighted by Crippen LogP contribution is -2.36. The molecule has 6 heteroatoms. The Morgan fingerprint density at radius 1 is 1.31 bits per heavy atom. The summed E-state index contributed by atoms with van der Waals surface area (Å²) < 4.78 is 8.60. The Morgan fingerprint density at radius 3 is 2.38 bits per heavy atom. The lowest BCUT2D eigenvalue weighted by atomic mass is 10.5. The van der Waals surface area contributed by atoms with Crippen LogP contribution in [0.2, 0.25) is 0 Å². The topological polar surface area (TPSA) is 81.7 Å². The van der Waals surface area contributed by atoms with Gasteiger partial charge in [-0.05, 0) is 6.92 Å². The maximum absolute atomic E-state index is 10.8. The van der Waals surface area contributed by atoms with Crippen molar-refractivity contribution in [1.82, 2.24) is 5.32 Å². The van der Waals surface area contributed by atoms with Gasteiger partial charge in [0.1, 0.15) is 6.54 Å². The first-order valence-corrected chi connectivity index (χ1v) is 3.63. The normalized spacial score (nSPS) is 8.77. The molecule has 0 saturated carbocycles. The molecule has 13 heavy (non-hydrogen) atoms. The highest BCUT2D eigenvalue weighted by Gasteiger charge is 2.15. The largest absolute Gasteiger partial charge is 0.468 e. The quantitative estimate of drug-likeness (QED) is 0.447. The number of hydrogen-bond acceptors (Lipinski definition) is 5. The first kappa shape index (κ1) is 11.4.